The van der Waals surface area contributed by atoms with Gasteiger partial charge >= 0.3 is 0 Å². The maximum Gasteiger partial charge on any atom is 0.223 e. The van der Waals surface area contributed by atoms with Gasteiger partial charge in [-0.1, -0.05) is 12.1 Å². The first-order valence-electron chi connectivity index (χ1n) is 4.35. The Kier molecular flexibility index (Phi) is 3.79. The van der Waals surface area contributed by atoms with E-state index in [0.717, 1.165) is 0 Å². The molecule has 0 bridgehead atoms. The van der Waals surface area contributed by atoms with E-state index in [0.29, 0.717) is 5.75 Å². The molecule has 0 atom stereocenters. The van der Waals surface area contributed by atoms with Crippen LogP contribution in [0.3, 0.4) is 0 Å². The minimum atomic E-state index is -0.0829. The van der Waals surface area contributed by atoms with E-state index in [1.165, 1.54) is 6.07 Å². The van der Waals surface area contributed by atoms with Gasteiger partial charge in [0.1, 0.15) is 0 Å². The highest BCUT2D eigenvalue weighted by Crippen LogP contribution is 2.24. The summed E-state index contributed by atoms with van der Waals surface area (Å²) in [5.41, 5.74) is 0. The first kappa shape index (κ1) is 10.4. The van der Waals surface area contributed by atoms with Crippen molar-refractivity contribution in [2.75, 3.05) is 13.7 Å². The number of carbonyl (C=O) groups is 1. The summed E-state index contributed by atoms with van der Waals surface area (Å²) in [5, 5.41) is 11.8. The lowest BCUT2D eigenvalue weighted by Gasteiger charge is -2.06. The molecule has 0 radical (unpaired) electrons. The molecule has 4 nitrogen and oxygen atoms in total. The van der Waals surface area contributed by atoms with Gasteiger partial charge in [0.05, 0.1) is 13.0 Å². The van der Waals surface area contributed by atoms with Crippen LogP contribution in [0.4, 0.5) is 0 Å². The maximum atomic E-state index is 10.8. The molecule has 0 aliphatic heterocycles. The molecule has 0 aromatic heterocycles. The predicted molar refractivity (Wildman–Crippen MR) is 52.3 cm³/mol. The number of carbonyl (C=O) groups excluding carboxylic acids is 1. The highest BCUT2D eigenvalue weighted by Gasteiger charge is 2.01. The highest BCUT2D eigenvalue weighted by molar-refractivity contribution is 5.75. The van der Waals surface area contributed by atoms with Crippen LogP contribution < -0.4 is 10.1 Å². The Morgan fingerprint density at radius 3 is 2.86 bits per heavy atom. The normalized spacial score (nSPS) is 9.50. The van der Waals surface area contributed by atoms with Crippen LogP contribution >= 0.6 is 0 Å². The van der Waals surface area contributed by atoms with Crippen molar-refractivity contribution < 1.29 is 14.6 Å². The molecule has 0 unspecified atom stereocenters. The summed E-state index contributed by atoms with van der Waals surface area (Å²) in [7, 11) is 1.57. The van der Waals surface area contributed by atoms with Gasteiger partial charge in [-0.3, -0.25) is 4.79 Å². The molecule has 0 aliphatic carbocycles. The first-order chi connectivity index (χ1) is 6.74. The fourth-order valence-corrected chi connectivity index (χ4v) is 0.958. The lowest BCUT2D eigenvalue weighted by atomic mass is 10.3. The molecule has 1 aromatic carbocycles. The van der Waals surface area contributed by atoms with Gasteiger partial charge in [-0.05, 0) is 12.1 Å². The highest BCUT2D eigenvalue weighted by atomic mass is 16.5. The summed E-state index contributed by atoms with van der Waals surface area (Å²) in [5.74, 6) is 0.404. The van der Waals surface area contributed by atoms with Crippen LogP contribution in [-0.4, -0.2) is 24.7 Å². The third-order valence-corrected chi connectivity index (χ3v) is 1.73. The van der Waals surface area contributed by atoms with Crippen molar-refractivity contribution in [3.63, 3.8) is 0 Å². The van der Waals surface area contributed by atoms with Gasteiger partial charge in [0.15, 0.2) is 11.5 Å². The van der Waals surface area contributed by atoms with Crippen molar-refractivity contribution in [3.05, 3.63) is 24.3 Å². The molecule has 14 heavy (non-hydrogen) atoms. The van der Waals surface area contributed by atoms with Crippen LogP contribution in [0.15, 0.2) is 24.3 Å². The van der Waals surface area contributed by atoms with E-state index >= 15 is 0 Å². The lowest BCUT2D eigenvalue weighted by molar-refractivity contribution is -0.121. The average Bonchev–Trinajstić information content (AvgIpc) is 2.20. The van der Waals surface area contributed by atoms with Crippen molar-refractivity contribution in [1.82, 2.24) is 5.32 Å². The van der Waals surface area contributed by atoms with E-state index in [-0.39, 0.29) is 24.7 Å². The number of nitrogens with one attached hydrogen (secondary N) is 1. The zero-order chi connectivity index (χ0) is 10.4. The summed E-state index contributed by atoms with van der Waals surface area (Å²) >= 11 is 0. The second-order valence-corrected chi connectivity index (χ2v) is 2.74. The van der Waals surface area contributed by atoms with Crippen LogP contribution in [0.1, 0.15) is 6.42 Å². The van der Waals surface area contributed by atoms with Crippen molar-refractivity contribution in [2.24, 2.45) is 0 Å². The number of hydrogen-bond acceptors (Lipinski definition) is 3. The molecular formula is C10H13NO3. The third kappa shape index (κ3) is 2.97. The number of para-hydroxylation sites is 2. The molecule has 0 saturated heterocycles. The molecule has 0 fully saturated rings. The second kappa shape index (κ2) is 5.11. The van der Waals surface area contributed by atoms with E-state index in [4.69, 9.17) is 4.74 Å². The van der Waals surface area contributed by atoms with Gasteiger partial charge in [0.25, 0.3) is 0 Å². The number of ether oxygens (including phenoxy) is 1. The quantitative estimate of drug-likeness (QED) is 0.750. The smallest absolute Gasteiger partial charge is 0.223 e. The zero-order valence-corrected chi connectivity index (χ0v) is 7.99. The molecule has 1 amide bonds. The fourth-order valence-electron chi connectivity index (χ4n) is 0.958. The van der Waals surface area contributed by atoms with Gasteiger partial charge in [-0.25, -0.2) is 0 Å². The molecular weight excluding hydrogens is 182 g/mol. The number of rotatable bonds is 4. The van der Waals surface area contributed by atoms with Gasteiger partial charge in [-0.2, -0.15) is 0 Å². The molecule has 0 aliphatic rings. The molecule has 0 heterocycles. The molecule has 2 N–H and O–H groups in total. The standard InChI is InChI=1S/C10H13NO3/c1-11-10(13)6-7-14-9-5-3-2-4-8(9)12/h2-5,12H,6-7H2,1H3,(H,11,13). The zero-order valence-electron chi connectivity index (χ0n) is 7.99. The molecule has 0 saturated carbocycles. The largest absolute Gasteiger partial charge is 0.504 e. The number of amides is 1. The number of aromatic hydroxyl groups is 1. The summed E-state index contributed by atoms with van der Waals surface area (Å²) < 4.78 is 5.20. The Morgan fingerprint density at radius 2 is 2.21 bits per heavy atom. The summed E-state index contributed by atoms with van der Waals surface area (Å²) in [6.45, 7) is 0.261. The van der Waals surface area contributed by atoms with E-state index in [1.807, 2.05) is 0 Å². The predicted octanol–water partition coefficient (Wildman–Crippen LogP) is 0.907. The SMILES string of the molecule is CNC(=O)CCOc1ccccc1O. The van der Waals surface area contributed by atoms with Crippen molar-refractivity contribution in [2.45, 2.75) is 6.42 Å². The van der Waals surface area contributed by atoms with E-state index in [9.17, 15) is 9.90 Å². The minimum Gasteiger partial charge on any atom is -0.504 e. The summed E-state index contributed by atoms with van der Waals surface area (Å²) in [6.07, 6.45) is 0.283. The van der Waals surface area contributed by atoms with Crippen LogP contribution in [0.2, 0.25) is 0 Å². The molecule has 1 rings (SSSR count). The van der Waals surface area contributed by atoms with Gasteiger partial charge < -0.3 is 15.2 Å². The summed E-state index contributed by atoms with van der Waals surface area (Å²) in [6, 6.07) is 6.66. The van der Waals surface area contributed by atoms with Gasteiger partial charge in [0, 0.05) is 7.05 Å². The monoisotopic (exact) mass is 195 g/mol. The Morgan fingerprint density at radius 1 is 1.50 bits per heavy atom. The Hall–Kier alpha value is -1.71. The fraction of sp³-hybridized carbons (Fsp3) is 0.300. The van der Waals surface area contributed by atoms with E-state index < -0.39 is 0 Å². The van der Waals surface area contributed by atoms with Crippen LogP contribution in [-0.2, 0) is 4.79 Å². The maximum absolute atomic E-state index is 10.8. The molecule has 4 heteroatoms. The van der Waals surface area contributed by atoms with Crippen LogP contribution in [0.5, 0.6) is 11.5 Å². The molecule has 1 aromatic rings. The Bertz CT molecular complexity index is 312. The Balaban J connectivity index is 2.39. The minimum absolute atomic E-state index is 0.0829. The number of phenolic OH excluding ortho intramolecular Hbond substituents is 1. The topological polar surface area (TPSA) is 58.6 Å². The van der Waals surface area contributed by atoms with Crippen molar-refractivity contribution >= 4 is 5.91 Å². The van der Waals surface area contributed by atoms with Gasteiger partial charge in [-0.15, -0.1) is 0 Å². The molecule has 76 valence electrons. The average molecular weight is 195 g/mol. The summed E-state index contributed by atoms with van der Waals surface area (Å²) in [4.78, 5) is 10.8. The van der Waals surface area contributed by atoms with E-state index in [2.05, 4.69) is 5.32 Å². The van der Waals surface area contributed by atoms with Crippen molar-refractivity contribution in [1.29, 1.82) is 0 Å². The van der Waals surface area contributed by atoms with E-state index in [1.54, 1.807) is 25.2 Å². The lowest BCUT2D eigenvalue weighted by Crippen LogP contribution is -2.20. The second-order valence-electron chi connectivity index (χ2n) is 2.74. The molecule has 0 spiro atoms. The van der Waals surface area contributed by atoms with Crippen molar-refractivity contribution in [3.8, 4) is 11.5 Å². The number of hydrogen-bond donors (Lipinski definition) is 2. The first-order valence-corrected chi connectivity index (χ1v) is 4.35. The Labute approximate surface area is 82.5 Å². The van der Waals surface area contributed by atoms with Crippen LogP contribution in [0.25, 0.3) is 0 Å². The number of benzene rings is 1. The van der Waals surface area contributed by atoms with Crippen LogP contribution in [0, 0.1) is 0 Å². The number of phenols is 1. The van der Waals surface area contributed by atoms with Gasteiger partial charge in [0.2, 0.25) is 5.91 Å². The third-order valence-electron chi connectivity index (χ3n) is 1.73.